The average Bonchev–Trinajstić information content (AvgIpc) is 2.39. The maximum atomic E-state index is 12.2. The Morgan fingerprint density at radius 1 is 1.05 bits per heavy atom. The van der Waals surface area contributed by atoms with Crippen molar-refractivity contribution in [1.82, 2.24) is 0 Å². The first-order valence-corrected chi connectivity index (χ1v) is 6.74. The molecule has 0 saturated carbocycles. The first-order chi connectivity index (χ1) is 9.09. The highest BCUT2D eigenvalue weighted by atomic mass is 79.9. The minimum atomic E-state index is -0.212. The van der Waals surface area contributed by atoms with E-state index in [1.165, 1.54) is 0 Å². The fourth-order valence-electron chi connectivity index (χ4n) is 1.64. The highest BCUT2D eigenvalue weighted by Crippen LogP contribution is 2.20. The Morgan fingerprint density at radius 3 is 2.26 bits per heavy atom. The van der Waals surface area contributed by atoms with E-state index in [0.29, 0.717) is 16.8 Å². The number of nitrogens with two attached hydrogens (primary N) is 1. The van der Waals surface area contributed by atoms with Gasteiger partial charge < -0.3 is 11.1 Å². The third kappa shape index (κ3) is 3.19. The standard InChI is InChI=1S/C14H11BrN2OS/c15-11-7-3-1-5-9(11)14(18)17-12-8-4-2-6-10(12)13(16)19/h1-8H,(H2,16,19)(H,17,18). The average molecular weight is 335 g/mol. The van der Waals surface area contributed by atoms with E-state index in [9.17, 15) is 4.79 Å². The molecule has 2 aromatic carbocycles. The van der Waals surface area contributed by atoms with Crippen LogP contribution >= 0.6 is 28.1 Å². The van der Waals surface area contributed by atoms with E-state index < -0.39 is 0 Å². The van der Waals surface area contributed by atoms with Gasteiger partial charge in [0.25, 0.3) is 5.91 Å². The minimum absolute atomic E-state index is 0.212. The molecule has 0 spiro atoms. The lowest BCUT2D eigenvalue weighted by Crippen LogP contribution is -2.17. The van der Waals surface area contributed by atoms with Gasteiger partial charge in [-0.1, -0.05) is 36.5 Å². The van der Waals surface area contributed by atoms with Crippen LogP contribution in [0.15, 0.2) is 53.0 Å². The molecule has 0 unspecified atom stereocenters. The van der Waals surface area contributed by atoms with Crippen LogP contribution in [0.25, 0.3) is 0 Å². The Morgan fingerprint density at radius 2 is 1.63 bits per heavy atom. The summed E-state index contributed by atoms with van der Waals surface area (Å²) in [5.41, 5.74) is 7.44. The van der Waals surface area contributed by atoms with Crippen LogP contribution in [0.3, 0.4) is 0 Å². The third-order valence-electron chi connectivity index (χ3n) is 2.56. The topological polar surface area (TPSA) is 55.1 Å². The summed E-state index contributed by atoms with van der Waals surface area (Å²) in [5.74, 6) is -0.212. The van der Waals surface area contributed by atoms with Crippen LogP contribution in [0.5, 0.6) is 0 Å². The number of carbonyl (C=O) groups excluding carboxylic acids is 1. The first-order valence-electron chi connectivity index (χ1n) is 5.54. The molecule has 2 rings (SSSR count). The molecule has 0 heterocycles. The van der Waals surface area contributed by atoms with Crippen LogP contribution in [-0.2, 0) is 0 Å². The number of benzene rings is 2. The van der Waals surface area contributed by atoms with Gasteiger partial charge in [-0.2, -0.15) is 0 Å². The van der Waals surface area contributed by atoms with Crippen molar-refractivity contribution >= 4 is 44.7 Å². The van der Waals surface area contributed by atoms with Crippen molar-refractivity contribution in [3.63, 3.8) is 0 Å². The van der Waals surface area contributed by atoms with Crippen LogP contribution in [0.1, 0.15) is 15.9 Å². The van der Waals surface area contributed by atoms with Gasteiger partial charge in [-0.05, 0) is 40.2 Å². The van der Waals surface area contributed by atoms with Gasteiger partial charge in [0.05, 0.1) is 11.3 Å². The second-order valence-electron chi connectivity index (χ2n) is 3.84. The van der Waals surface area contributed by atoms with Crippen molar-refractivity contribution in [2.75, 3.05) is 5.32 Å². The summed E-state index contributed by atoms with van der Waals surface area (Å²) in [6.45, 7) is 0. The Balaban J connectivity index is 2.30. The lowest BCUT2D eigenvalue weighted by molar-refractivity contribution is 0.102. The van der Waals surface area contributed by atoms with E-state index in [4.69, 9.17) is 18.0 Å². The highest BCUT2D eigenvalue weighted by molar-refractivity contribution is 9.10. The molecule has 0 aliphatic heterocycles. The van der Waals surface area contributed by atoms with E-state index in [2.05, 4.69) is 21.2 Å². The van der Waals surface area contributed by atoms with E-state index in [1.54, 1.807) is 24.3 Å². The molecule has 0 radical (unpaired) electrons. The molecular weight excluding hydrogens is 324 g/mol. The zero-order chi connectivity index (χ0) is 13.8. The van der Waals surface area contributed by atoms with Crippen molar-refractivity contribution < 1.29 is 4.79 Å². The summed E-state index contributed by atoms with van der Waals surface area (Å²) in [7, 11) is 0. The molecule has 0 saturated heterocycles. The lowest BCUT2D eigenvalue weighted by Gasteiger charge is -2.10. The zero-order valence-electron chi connectivity index (χ0n) is 9.89. The number of hydrogen-bond donors (Lipinski definition) is 2. The molecule has 5 heteroatoms. The van der Waals surface area contributed by atoms with Gasteiger partial charge >= 0.3 is 0 Å². The van der Waals surface area contributed by atoms with E-state index >= 15 is 0 Å². The molecule has 19 heavy (non-hydrogen) atoms. The fourth-order valence-corrected chi connectivity index (χ4v) is 2.28. The molecule has 3 nitrogen and oxygen atoms in total. The summed E-state index contributed by atoms with van der Waals surface area (Å²) in [6.07, 6.45) is 0. The van der Waals surface area contributed by atoms with Crippen LogP contribution in [0.2, 0.25) is 0 Å². The van der Waals surface area contributed by atoms with Gasteiger partial charge in [0, 0.05) is 10.0 Å². The molecule has 96 valence electrons. The largest absolute Gasteiger partial charge is 0.389 e. The highest BCUT2D eigenvalue weighted by Gasteiger charge is 2.12. The number of halogens is 1. The van der Waals surface area contributed by atoms with Crippen molar-refractivity contribution in [3.05, 3.63) is 64.1 Å². The van der Waals surface area contributed by atoms with Crippen molar-refractivity contribution in [2.45, 2.75) is 0 Å². The van der Waals surface area contributed by atoms with Gasteiger partial charge in [-0.3, -0.25) is 4.79 Å². The monoisotopic (exact) mass is 334 g/mol. The molecule has 2 aromatic rings. The number of para-hydroxylation sites is 1. The minimum Gasteiger partial charge on any atom is -0.389 e. The molecule has 0 atom stereocenters. The molecule has 3 N–H and O–H groups in total. The number of hydrogen-bond acceptors (Lipinski definition) is 2. The number of thiocarbonyl (C=S) groups is 1. The SMILES string of the molecule is NC(=S)c1ccccc1NC(=O)c1ccccc1Br. The normalized spacial score (nSPS) is 9.95. The van der Waals surface area contributed by atoms with Crippen LogP contribution in [0.4, 0.5) is 5.69 Å². The Labute approximate surface area is 124 Å². The smallest absolute Gasteiger partial charge is 0.256 e. The zero-order valence-corrected chi connectivity index (χ0v) is 12.3. The molecule has 0 aliphatic carbocycles. The molecule has 0 aromatic heterocycles. The number of rotatable bonds is 3. The van der Waals surface area contributed by atoms with E-state index in [0.717, 1.165) is 4.47 Å². The lowest BCUT2D eigenvalue weighted by atomic mass is 10.1. The quantitative estimate of drug-likeness (QED) is 0.846. The summed E-state index contributed by atoms with van der Waals surface area (Å²) in [5, 5.41) is 2.81. The van der Waals surface area contributed by atoms with Crippen molar-refractivity contribution in [3.8, 4) is 0 Å². The van der Waals surface area contributed by atoms with Gasteiger partial charge in [-0.15, -0.1) is 0 Å². The second kappa shape index (κ2) is 5.95. The van der Waals surface area contributed by atoms with Crippen LogP contribution in [0, 0.1) is 0 Å². The summed E-state index contributed by atoms with van der Waals surface area (Å²) >= 11 is 8.31. The molecule has 0 aliphatic rings. The van der Waals surface area contributed by atoms with Crippen LogP contribution < -0.4 is 11.1 Å². The van der Waals surface area contributed by atoms with Gasteiger partial charge in [0.15, 0.2) is 0 Å². The molecule has 0 fully saturated rings. The number of nitrogens with one attached hydrogen (secondary N) is 1. The summed E-state index contributed by atoms with van der Waals surface area (Å²) in [6, 6.07) is 14.4. The Hall–Kier alpha value is -1.72. The van der Waals surface area contributed by atoms with Crippen LogP contribution in [-0.4, -0.2) is 10.9 Å². The predicted molar refractivity (Wildman–Crippen MR) is 84.4 cm³/mol. The van der Waals surface area contributed by atoms with Crippen molar-refractivity contribution in [2.24, 2.45) is 5.73 Å². The van der Waals surface area contributed by atoms with Gasteiger partial charge in [0.2, 0.25) is 0 Å². The molecular formula is C14H11BrN2OS. The first kappa shape index (κ1) is 13.7. The third-order valence-corrected chi connectivity index (χ3v) is 3.47. The van der Waals surface area contributed by atoms with Gasteiger partial charge in [-0.25, -0.2) is 0 Å². The molecule has 1 amide bonds. The number of anilines is 1. The maximum absolute atomic E-state index is 12.2. The predicted octanol–water partition coefficient (Wildman–Crippen LogP) is 3.34. The number of carbonyl (C=O) groups is 1. The Bertz CT molecular complexity index is 643. The summed E-state index contributed by atoms with van der Waals surface area (Å²) < 4.78 is 0.736. The molecule has 0 bridgehead atoms. The maximum Gasteiger partial charge on any atom is 0.256 e. The van der Waals surface area contributed by atoms with E-state index in [-0.39, 0.29) is 10.9 Å². The Kier molecular flexibility index (Phi) is 4.29. The van der Waals surface area contributed by atoms with E-state index in [1.807, 2.05) is 24.3 Å². The number of amides is 1. The summed E-state index contributed by atoms with van der Waals surface area (Å²) in [4.78, 5) is 12.4. The van der Waals surface area contributed by atoms with Gasteiger partial charge in [0.1, 0.15) is 4.99 Å². The fraction of sp³-hybridized carbons (Fsp3) is 0. The van der Waals surface area contributed by atoms with Crippen molar-refractivity contribution in [1.29, 1.82) is 0 Å². The second-order valence-corrected chi connectivity index (χ2v) is 5.14.